The minimum Gasteiger partial charge on any atom is -0.369 e. The summed E-state index contributed by atoms with van der Waals surface area (Å²) < 4.78 is 5.96. The first-order chi connectivity index (χ1) is 9.67. The summed E-state index contributed by atoms with van der Waals surface area (Å²) in [5.74, 6) is 1.21. The van der Waals surface area contributed by atoms with E-state index in [1.165, 1.54) is 11.4 Å². The smallest absolute Gasteiger partial charge is 0.132 e. The van der Waals surface area contributed by atoms with E-state index in [9.17, 15) is 0 Å². The predicted molar refractivity (Wildman–Crippen MR) is 79.1 cm³/mol. The number of hydrogen-bond donors (Lipinski definition) is 1. The van der Waals surface area contributed by atoms with Crippen LogP contribution in [0, 0.1) is 0 Å². The number of anilines is 1. The van der Waals surface area contributed by atoms with Crippen molar-refractivity contribution in [2.45, 2.75) is 50.8 Å². The summed E-state index contributed by atoms with van der Waals surface area (Å²) in [5, 5.41) is 3.52. The van der Waals surface area contributed by atoms with E-state index in [0.717, 1.165) is 44.7 Å². The predicted octanol–water partition coefficient (Wildman–Crippen LogP) is 1.83. The Bertz CT molecular complexity index is 524. The van der Waals surface area contributed by atoms with Crippen molar-refractivity contribution in [2.24, 2.45) is 0 Å². The molecule has 4 heteroatoms. The van der Waals surface area contributed by atoms with Gasteiger partial charge in [0.2, 0.25) is 0 Å². The molecule has 0 aromatic carbocycles. The van der Waals surface area contributed by atoms with Crippen molar-refractivity contribution >= 4 is 5.82 Å². The maximum absolute atomic E-state index is 5.96. The van der Waals surface area contributed by atoms with Crippen LogP contribution in [0.1, 0.15) is 37.9 Å². The first-order valence-corrected chi connectivity index (χ1v) is 7.81. The number of aromatic nitrogens is 1. The SMILES string of the molecule is C[C@@H]1CNC[C@H]2Cc3ccc([C@]4(C)CCCO4)nc3N21. The maximum atomic E-state index is 5.96. The standard InChI is InChI=1S/C16H23N3O/c1-11-9-17-10-13-8-12-4-5-14(18-15(12)19(11)13)16(2)6-3-7-20-16/h4-5,11,13,17H,3,6-10H2,1-2H3/t11-,13-,16+/m1/s1. The Kier molecular flexibility index (Phi) is 2.79. The van der Waals surface area contributed by atoms with Crippen LogP contribution in [-0.4, -0.2) is 36.8 Å². The van der Waals surface area contributed by atoms with Crippen LogP contribution in [0.2, 0.25) is 0 Å². The molecule has 0 aliphatic carbocycles. The van der Waals surface area contributed by atoms with E-state index in [4.69, 9.17) is 9.72 Å². The van der Waals surface area contributed by atoms with Gasteiger partial charge in [-0.15, -0.1) is 0 Å². The summed E-state index contributed by atoms with van der Waals surface area (Å²) in [4.78, 5) is 7.54. The summed E-state index contributed by atoms with van der Waals surface area (Å²) in [6.07, 6.45) is 3.35. The molecule has 0 radical (unpaired) electrons. The number of fused-ring (bicyclic) bond motifs is 3. The van der Waals surface area contributed by atoms with E-state index in [1.807, 2.05) is 0 Å². The zero-order valence-electron chi connectivity index (χ0n) is 12.4. The van der Waals surface area contributed by atoms with Crippen molar-refractivity contribution in [3.05, 3.63) is 23.4 Å². The highest BCUT2D eigenvalue weighted by atomic mass is 16.5. The zero-order chi connectivity index (χ0) is 13.7. The summed E-state index contributed by atoms with van der Waals surface area (Å²) in [5.41, 5.74) is 2.33. The van der Waals surface area contributed by atoms with Gasteiger partial charge in [0.05, 0.1) is 5.69 Å². The fourth-order valence-corrected chi connectivity index (χ4v) is 3.96. The summed E-state index contributed by atoms with van der Waals surface area (Å²) in [6, 6.07) is 5.56. The molecule has 20 heavy (non-hydrogen) atoms. The minimum atomic E-state index is -0.176. The van der Waals surface area contributed by atoms with Crippen LogP contribution >= 0.6 is 0 Å². The Morgan fingerprint density at radius 2 is 2.30 bits per heavy atom. The van der Waals surface area contributed by atoms with Crippen molar-refractivity contribution in [1.82, 2.24) is 10.3 Å². The molecule has 1 aromatic heterocycles. The van der Waals surface area contributed by atoms with Crippen LogP contribution in [-0.2, 0) is 16.8 Å². The number of ether oxygens (including phenoxy) is 1. The first-order valence-electron chi connectivity index (χ1n) is 7.81. The van der Waals surface area contributed by atoms with Crippen LogP contribution in [0.5, 0.6) is 0 Å². The summed E-state index contributed by atoms with van der Waals surface area (Å²) in [6.45, 7) is 7.46. The van der Waals surface area contributed by atoms with Crippen LogP contribution in [0.25, 0.3) is 0 Å². The van der Waals surface area contributed by atoms with E-state index in [2.05, 4.69) is 36.2 Å². The average molecular weight is 273 g/mol. The van der Waals surface area contributed by atoms with Crippen LogP contribution in [0.4, 0.5) is 5.82 Å². The lowest BCUT2D eigenvalue weighted by molar-refractivity contribution is 0.0133. The van der Waals surface area contributed by atoms with E-state index in [0.29, 0.717) is 12.1 Å². The largest absolute Gasteiger partial charge is 0.369 e. The number of pyridine rings is 1. The Labute approximate surface area is 120 Å². The molecule has 1 N–H and O–H groups in total. The van der Waals surface area contributed by atoms with E-state index in [1.54, 1.807) is 0 Å². The quantitative estimate of drug-likeness (QED) is 0.847. The third kappa shape index (κ3) is 1.78. The fourth-order valence-electron chi connectivity index (χ4n) is 3.96. The molecule has 3 aliphatic heterocycles. The lowest BCUT2D eigenvalue weighted by atomic mass is 9.97. The second kappa shape index (κ2) is 4.43. The molecule has 2 saturated heterocycles. The van der Waals surface area contributed by atoms with E-state index < -0.39 is 0 Å². The molecule has 2 fully saturated rings. The molecule has 0 spiro atoms. The van der Waals surface area contributed by atoms with Gasteiger partial charge in [-0.2, -0.15) is 0 Å². The molecule has 4 heterocycles. The van der Waals surface area contributed by atoms with Crippen LogP contribution in [0.3, 0.4) is 0 Å². The Balaban J connectivity index is 1.73. The third-order valence-electron chi connectivity index (χ3n) is 5.10. The van der Waals surface area contributed by atoms with Crippen molar-refractivity contribution in [3.63, 3.8) is 0 Å². The van der Waals surface area contributed by atoms with Gasteiger partial charge in [0.1, 0.15) is 11.4 Å². The fraction of sp³-hybridized carbons (Fsp3) is 0.688. The second-order valence-electron chi connectivity index (χ2n) is 6.63. The molecule has 3 aliphatic rings. The monoisotopic (exact) mass is 273 g/mol. The summed E-state index contributed by atoms with van der Waals surface area (Å²) in [7, 11) is 0. The average Bonchev–Trinajstić information content (AvgIpc) is 3.03. The molecule has 4 nitrogen and oxygen atoms in total. The number of rotatable bonds is 1. The van der Waals surface area contributed by atoms with Gasteiger partial charge in [-0.1, -0.05) is 6.07 Å². The van der Waals surface area contributed by atoms with Gasteiger partial charge in [-0.3, -0.25) is 0 Å². The molecule has 0 amide bonds. The highest BCUT2D eigenvalue weighted by Gasteiger charge is 2.39. The topological polar surface area (TPSA) is 37.4 Å². The molecule has 0 unspecified atom stereocenters. The van der Waals surface area contributed by atoms with Crippen LogP contribution in [0.15, 0.2) is 12.1 Å². The highest BCUT2D eigenvalue weighted by molar-refractivity contribution is 5.56. The van der Waals surface area contributed by atoms with Gasteiger partial charge in [0.25, 0.3) is 0 Å². The van der Waals surface area contributed by atoms with Gasteiger partial charge in [0, 0.05) is 31.8 Å². The van der Waals surface area contributed by atoms with Crippen molar-refractivity contribution in [2.75, 3.05) is 24.6 Å². The normalized spacial score (nSPS) is 36.0. The van der Waals surface area contributed by atoms with E-state index >= 15 is 0 Å². The van der Waals surface area contributed by atoms with Gasteiger partial charge < -0.3 is 15.0 Å². The number of nitrogens with one attached hydrogen (secondary N) is 1. The Hall–Kier alpha value is -1.13. The molecule has 0 bridgehead atoms. The van der Waals surface area contributed by atoms with Crippen molar-refractivity contribution < 1.29 is 4.74 Å². The van der Waals surface area contributed by atoms with Gasteiger partial charge in [-0.05, 0) is 44.7 Å². The molecule has 1 aromatic rings. The van der Waals surface area contributed by atoms with Gasteiger partial charge in [-0.25, -0.2) is 4.98 Å². The molecular formula is C16H23N3O. The van der Waals surface area contributed by atoms with Crippen molar-refractivity contribution in [1.29, 1.82) is 0 Å². The Morgan fingerprint density at radius 3 is 3.10 bits per heavy atom. The highest BCUT2D eigenvalue weighted by Crippen LogP contribution is 2.39. The lowest BCUT2D eigenvalue weighted by Crippen LogP contribution is -2.55. The second-order valence-corrected chi connectivity index (χ2v) is 6.63. The zero-order valence-corrected chi connectivity index (χ0v) is 12.4. The van der Waals surface area contributed by atoms with Crippen molar-refractivity contribution in [3.8, 4) is 0 Å². The van der Waals surface area contributed by atoms with Crippen LogP contribution < -0.4 is 10.2 Å². The first kappa shape index (κ1) is 12.6. The lowest BCUT2D eigenvalue weighted by Gasteiger charge is -2.38. The number of piperazine rings is 1. The molecule has 108 valence electrons. The minimum absolute atomic E-state index is 0.176. The third-order valence-corrected chi connectivity index (χ3v) is 5.10. The molecule has 0 saturated carbocycles. The molecule has 4 rings (SSSR count). The summed E-state index contributed by atoms with van der Waals surface area (Å²) >= 11 is 0. The number of nitrogens with zero attached hydrogens (tertiary/aromatic N) is 2. The van der Waals surface area contributed by atoms with Gasteiger partial charge >= 0.3 is 0 Å². The van der Waals surface area contributed by atoms with E-state index in [-0.39, 0.29) is 5.60 Å². The molecule has 3 atom stereocenters. The molecular weight excluding hydrogens is 250 g/mol. The number of hydrogen-bond acceptors (Lipinski definition) is 4. The maximum Gasteiger partial charge on any atom is 0.132 e. The Morgan fingerprint density at radius 1 is 1.40 bits per heavy atom. The van der Waals surface area contributed by atoms with Gasteiger partial charge in [0.15, 0.2) is 0 Å².